The van der Waals surface area contributed by atoms with Gasteiger partial charge in [0.25, 0.3) is 0 Å². The molecule has 0 atom stereocenters. The van der Waals surface area contributed by atoms with Crippen LogP contribution in [-0.4, -0.2) is 7.11 Å². The Morgan fingerprint density at radius 1 is 1.04 bits per heavy atom. The Hall–Kier alpha value is -1.96. The number of hydrogen-bond acceptors (Lipinski definition) is 2. The van der Waals surface area contributed by atoms with Gasteiger partial charge in [-0.05, 0) is 76.0 Å². The van der Waals surface area contributed by atoms with Crippen molar-refractivity contribution in [3.05, 3.63) is 63.9 Å². The van der Waals surface area contributed by atoms with Crippen molar-refractivity contribution < 1.29 is 4.74 Å². The largest absolute Gasteiger partial charge is 0.497 e. The summed E-state index contributed by atoms with van der Waals surface area (Å²) in [5.41, 5.74) is 7.88. The van der Waals surface area contributed by atoms with Gasteiger partial charge in [0, 0.05) is 12.2 Å². The minimum Gasteiger partial charge on any atom is -0.497 e. The van der Waals surface area contributed by atoms with Crippen LogP contribution in [0.25, 0.3) is 0 Å². The van der Waals surface area contributed by atoms with Crippen LogP contribution in [0.3, 0.4) is 0 Å². The molecule has 1 aromatic rings. The van der Waals surface area contributed by atoms with E-state index in [2.05, 4.69) is 65.1 Å². The van der Waals surface area contributed by atoms with E-state index < -0.39 is 0 Å². The summed E-state index contributed by atoms with van der Waals surface area (Å²) in [4.78, 5) is 0. The molecule has 0 radical (unpaired) electrons. The molecule has 0 aliphatic heterocycles. The zero-order valence-corrected chi connectivity index (χ0v) is 15.7. The number of methoxy groups -OCH3 is 1. The van der Waals surface area contributed by atoms with E-state index in [1.54, 1.807) is 7.11 Å². The molecular weight excluding hydrogens is 282 g/mol. The predicted molar refractivity (Wildman–Crippen MR) is 101 cm³/mol. The summed E-state index contributed by atoms with van der Waals surface area (Å²) in [6.07, 6.45) is 3.31. The molecule has 0 saturated carbocycles. The van der Waals surface area contributed by atoms with Gasteiger partial charge < -0.3 is 10.1 Å². The van der Waals surface area contributed by atoms with Crippen molar-refractivity contribution in [1.29, 1.82) is 0 Å². The van der Waals surface area contributed by atoms with Gasteiger partial charge in [-0.1, -0.05) is 30.2 Å². The molecule has 0 aliphatic carbocycles. The molecule has 1 rings (SSSR count). The van der Waals surface area contributed by atoms with E-state index in [0.29, 0.717) is 0 Å². The van der Waals surface area contributed by atoms with Gasteiger partial charge in [-0.3, -0.25) is 0 Å². The van der Waals surface area contributed by atoms with Crippen molar-refractivity contribution in [2.24, 2.45) is 0 Å². The Balaban J connectivity index is 2.92. The minimum atomic E-state index is 0.814. The van der Waals surface area contributed by atoms with E-state index in [-0.39, 0.29) is 0 Å². The van der Waals surface area contributed by atoms with Crippen LogP contribution in [0, 0.1) is 0 Å². The van der Waals surface area contributed by atoms with Crippen LogP contribution in [0.4, 0.5) is 0 Å². The fourth-order valence-corrected chi connectivity index (χ4v) is 2.18. The monoisotopic (exact) mass is 313 g/mol. The van der Waals surface area contributed by atoms with Gasteiger partial charge in [0.05, 0.1) is 7.11 Å². The number of hydrogen-bond donors (Lipinski definition) is 1. The Bertz CT molecular complexity index is 599. The maximum absolute atomic E-state index is 5.21. The first-order chi connectivity index (χ1) is 10.9. The second kappa shape index (κ2) is 9.24. The van der Waals surface area contributed by atoms with Crippen LogP contribution >= 0.6 is 0 Å². The Kier molecular flexibility index (Phi) is 7.67. The lowest BCUT2D eigenvalue weighted by Gasteiger charge is -2.14. The number of nitrogens with one attached hydrogen (secondary N) is 1. The van der Waals surface area contributed by atoms with Crippen molar-refractivity contribution >= 4 is 0 Å². The highest BCUT2D eigenvalue weighted by Gasteiger charge is 2.03. The Labute approximate surface area is 142 Å². The zero-order chi connectivity index (χ0) is 17.4. The first-order valence-corrected chi connectivity index (χ1v) is 8.28. The van der Waals surface area contributed by atoms with Gasteiger partial charge in [-0.15, -0.1) is 0 Å². The minimum absolute atomic E-state index is 0.814. The fraction of sp³-hybridized carbons (Fsp3) is 0.429. The van der Waals surface area contributed by atoms with Gasteiger partial charge in [0.2, 0.25) is 0 Å². The molecule has 1 N–H and O–H groups in total. The summed E-state index contributed by atoms with van der Waals surface area (Å²) in [6, 6.07) is 8.20. The summed E-state index contributed by atoms with van der Waals surface area (Å²) in [7, 11) is 1.69. The summed E-state index contributed by atoms with van der Waals surface area (Å²) < 4.78 is 5.21. The molecule has 0 aliphatic rings. The van der Waals surface area contributed by atoms with Crippen LogP contribution in [0.5, 0.6) is 5.75 Å². The topological polar surface area (TPSA) is 21.3 Å². The number of allylic oxidation sites excluding steroid dienone is 5. The third-order valence-corrected chi connectivity index (χ3v) is 4.33. The highest BCUT2D eigenvalue weighted by molar-refractivity contribution is 5.38. The van der Waals surface area contributed by atoms with E-state index in [0.717, 1.165) is 18.7 Å². The molecule has 0 heterocycles. The summed E-state index contributed by atoms with van der Waals surface area (Å²) in [6.45, 7) is 13.9. The van der Waals surface area contributed by atoms with Crippen molar-refractivity contribution in [2.75, 3.05) is 7.11 Å². The van der Waals surface area contributed by atoms with Crippen LogP contribution < -0.4 is 10.1 Å². The lowest BCUT2D eigenvalue weighted by molar-refractivity contribution is 0.414. The highest BCUT2D eigenvalue weighted by Crippen LogP contribution is 2.18. The molecular formula is C21H31NO. The molecule has 126 valence electrons. The molecule has 0 amide bonds. The average Bonchev–Trinajstić information content (AvgIpc) is 2.57. The van der Waals surface area contributed by atoms with Crippen molar-refractivity contribution in [3.8, 4) is 5.75 Å². The zero-order valence-electron chi connectivity index (χ0n) is 15.7. The normalized spacial score (nSPS) is 12.6. The Morgan fingerprint density at radius 3 is 2.13 bits per heavy atom. The predicted octanol–water partition coefficient (Wildman–Crippen LogP) is 5.77. The van der Waals surface area contributed by atoms with Gasteiger partial charge in [-0.25, -0.2) is 0 Å². The van der Waals surface area contributed by atoms with E-state index in [1.807, 2.05) is 12.1 Å². The van der Waals surface area contributed by atoms with Gasteiger partial charge >= 0.3 is 0 Å². The average molecular weight is 313 g/mol. The number of benzene rings is 1. The number of ether oxygens (including phenoxy) is 1. The smallest absolute Gasteiger partial charge is 0.118 e. The molecule has 1 aromatic carbocycles. The van der Waals surface area contributed by atoms with Crippen molar-refractivity contribution in [2.45, 2.75) is 54.5 Å². The third-order valence-electron chi connectivity index (χ3n) is 4.33. The van der Waals surface area contributed by atoms with Crippen LogP contribution in [0.2, 0.25) is 0 Å². The second-order valence-corrected chi connectivity index (χ2v) is 6.20. The Morgan fingerprint density at radius 2 is 1.65 bits per heavy atom. The molecule has 2 heteroatoms. The molecule has 0 saturated heterocycles. The van der Waals surface area contributed by atoms with Gasteiger partial charge in [0.15, 0.2) is 0 Å². The molecule has 0 bridgehead atoms. The van der Waals surface area contributed by atoms with Crippen molar-refractivity contribution in [3.63, 3.8) is 0 Å². The standard InChI is InChI=1S/C21H31NO/c1-8-16(4)21(13-17(5)18(6)15(2)3)22-14-19-9-11-20(23-7)12-10-19/h9-13,22H,8,14H2,1-7H3/b17-13-,21-16-. The van der Waals surface area contributed by atoms with E-state index >= 15 is 0 Å². The third kappa shape index (κ3) is 5.97. The molecule has 0 spiro atoms. The number of rotatable bonds is 7. The molecule has 0 fully saturated rings. The summed E-state index contributed by atoms with van der Waals surface area (Å²) >= 11 is 0. The maximum Gasteiger partial charge on any atom is 0.118 e. The molecule has 23 heavy (non-hydrogen) atoms. The van der Waals surface area contributed by atoms with Crippen LogP contribution in [-0.2, 0) is 6.54 Å². The van der Waals surface area contributed by atoms with Gasteiger partial charge in [0.1, 0.15) is 5.75 Å². The molecule has 2 nitrogen and oxygen atoms in total. The first-order valence-electron chi connectivity index (χ1n) is 8.28. The lowest BCUT2D eigenvalue weighted by atomic mass is 10.0. The van der Waals surface area contributed by atoms with Crippen LogP contribution in [0.1, 0.15) is 53.5 Å². The van der Waals surface area contributed by atoms with E-state index in [1.165, 1.54) is 33.6 Å². The highest BCUT2D eigenvalue weighted by atomic mass is 16.5. The van der Waals surface area contributed by atoms with Crippen molar-refractivity contribution in [1.82, 2.24) is 5.32 Å². The van der Waals surface area contributed by atoms with E-state index in [4.69, 9.17) is 4.74 Å². The SMILES string of the molecule is CC/C(C)=C(/C=C(/C)C(C)=C(C)C)NCc1ccc(OC)cc1. The lowest BCUT2D eigenvalue weighted by Crippen LogP contribution is -2.13. The van der Waals surface area contributed by atoms with E-state index in [9.17, 15) is 0 Å². The molecule has 0 unspecified atom stereocenters. The maximum atomic E-state index is 5.21. The van der Waals surface area contributed by atoms with Crippen LogP contribution in [0.15, 0.2) is 58.3 Å². The fourth-order valence-electron chi connectivity index (χ4n) is 2.18. The second-order valence-electron chi connectivity index (χ2n) is 6.20. The summed E-state index contributed by atoms with van der Waals surface area (Å²) in [5, 5.41) is 3.59. The quantitative estimate of drug-likeness (QED) is 0.645. The molecule has 0 aromatic heterocycles. The summed E-state index contributed by atoms with van der Waals surface area (Å²) in [5.74, 6) is 0.893. The van der Waals surface area contributed by atoms with Gasteiger partial charge in [-0.2, -0.15) is 0 Å². The first kappa shape index (κ1) is 19.1.